The van der Waals surface area contributed by atoms with Gasteiger partial charge >= 0.3 is 0 Å². The molecule has 0 aliphatic rings. The summed E-state index contributed by atoms with van der Waals surface area (Å²) in [6.07, 6.45) is 2.13. The standard InChI is InChI=1S/C49H28N4/c1-3-15-31(16-4-1)51(32-17-5-2-6-18-32)40-27-30-14-8-10-20-34(30)43-36-22-12-23-37-44-41(52(46(36)37)48(40)43)28-50-49-45(44)38-24-11-21-35-42-33-19-9-7-13-29(33)25-26-39(42)53(49)47(35)38/h1-28H. The average Bonchev–Trinajstić information content (AvgIpc) is 3.95. The topological polar surface area (TPSA) is 24.9 Å². The van der Waals surface area contributed by atoms with Crippen LogP contribution in [0, 0.1) is 0 Å². The maximum absolute atomic E-state index is 5.41. The normalized spacial score (nSPS) is 12.5. The number of hydrogen-bond donors (Lipinski definition) is 0. The Kier molecular flexibility index (Phi) is 5.08. The molecule has 0 atom stereocenters. The van der Waals surface area contributed by atoms with Crippen LogP contribution in [0.15, 0.2) is 170 Å². The van der Waals surface area contributed by atoms with Gasteiger partial charge < -0.3 is 9.30 Å². The molecule has 244 valence electrons. The Bertz CT molecular complexity index is 3580. The molecule has 0 saturated heterocycles. The summed E-state index contributed by atoms with van der Waals surface area (Å²) in [6, 6.07) is 59.7. The summed E-state index contributed by atoms with van der Waals surface area (Å²) in [6.45, 7) is 0. The zero-order valence-corrected chi connectivity index (χ0v) is 28.5. The molecule has 0 spiro atoms. The van der Waals surface area contributed by atoms with Crippen LogP contribution >= 0.6 is 0 Å². The van der Waals surface area contributed by atoms with E-state index >= 15 is 0 Å². The highest BCUT2D eigenvalue weighted by Crippen LogP contribution is 2.51. The van der Waals surface area contributed by atoms with Gasteiger partial charge in [-0.3, -0.25) is 4.40 Å². The van der Waals surface area contributed by atoms with Crippen molar-refractivity contribution < 1.29 is 0 Å². The summed E-state index contributed by atoms with van der Waals surface area (Å²) in [4.78, 5) is 7.83. The molecule has 13 aromatic rings. The number of rotatable bonds is 3. The lowest BCUT2D eigenvalue weighted by Crippen LogP contribution is -2.11. The monoisotopic (exact) mass is 672 g/mol. The van der Waals surface area contributed by atoms with Crippen molar-refractivity contribution in [3.63, 3.8) is 0 Å². The second kappa shape index (κ2) is 9.78. The Labute approximate surface area is 302 Å². The SMILES string of the molecule is c1ccc(N(c2ccccc2)c2cc3ccccc3c3c4cccc5c6c7c8cccc9c%10c%11ccccc%11ccc%10n(c7ncc6n(c23)c54)c98)cc1. The van der Waals surface area contributed by atoms with Crippen LogP contribution < -0.4 is 4.90 Å². The average molecular weight is 673 g/mol. The van der Waals surface area contributed by atoms with E-state index in [2.05, 4.69) is 184 Å². The van der Waals surface area contributed by atoms with Crippen LogP contribution in [-0.4, -0.2) is 13.8 Å². The molecule has 5 aromatic heterocycles. The van der Waals surface area contributed by atoms with Gasteiger partial charge in [-0.2, -0.15) is 0 Å². The Morgan fingerprint density at radius 3 is 1.64 bits per heavy atom. The van der Waals surface area contributed by atoms with Crippen LogP contribution in [0.5, 0.6) is 0 Å². The van der Waals surface area contributed by atoms with Gasteiger partial charge in [-0.15, -0.1) is 0 Å². The van der Waals surface area contributed by atoms with Crippen molar-refractivity contribution >= 4 is 115 Å². The Morgan fingerprint density at radius 2 is 0.925 bits per heavy atom. The second-order valence-corrected chi connectivity index (χ2v) is 14.3. The molecule has 0 amide bonds. The summed E-state index contributed by atoms with van der Waals surface area (Å²) in [5.74, 6) is 0. The zero-order chi connectivity index (χ0) is 34.4. The number of hydrogen-bond acceptors (Lipinski definition) is 2. The first-order chi connectivity index (χ1) is 26.3. The fourth-order valence-electron chi connectivity index (χ4n) is 9.73. The quantitative estimate of drug-likeness (QED) is 0.187. The first-order valence-corrected chi connectivity index (χ1v) is 18.2. The molecule has 0 saturated carbocycles. The lowest BCUT2D eigenvalue weighted by atomic mass is 9.99. The van der Waals surface area contributed by atoms with E-state index < -0.39 is 0 Å². The van der Waals surface area contributed by atoms with Crippen LogP contribution in [0.2, 0.25) is 0 Å². The number of para-hydroxylation sites is 4. The maximum Gasteiger partial charge on any atom is 0.146 e. The van der Waals surface area contributed by atoms with E-state index in [0.29, 0.717) is 0 Å². The van der Waals surface area contributed by atoms with E-state index in [1.807, 2.05) is 0 Å². The highest BCUT2D eigenvalue weighted by atomic mass is 15.2. The minimum Gasteiger partial charge on any atom is -0.308 e. The third-order valence-electron chi connectivity index (χ3n) is 11.7. The molecular formula is C49H28N4. The van der Waals surface area contributed by atoms with E-state index in [1.54, 1.807) is 0 Å². The van der Waals surface area contributed by atoms with Crippen molar-refractivity contribution in [1.29, 1.82) is 0 Å². The number of pyridine rings is 1. The Balaban J connectivity index is 1.25. The van der Waals surface area contributed by atoms with E-state index in [9.17, 15) is 0 Å². The van der Waals surface area contributed by atoms with Crippen molar-refractivity contribution in [2.75, 3.05) is 4.90 Å². The summed E-state index contributed by atoms with van der Waals surface area (Å²) in [5, 5.41) is 15.1. The van der Waals surface area contributed by atoms with Gasteiger partial charge in [0.05, 0.1) is 39.5 Å². The molecule has 0 unspecified atom stereocenters. The van der Waals surface area contributed by atoms with Crippen molar-refractivity contribution in [1.82, 2.24) is 13.8 Å². The smallest absolute Gasteiger partial charge is 0.146 e. The van der Waals surface area contributed by atoms with Gasteiger partial charge in [0.1, 0.15) is 5.65 Å². The van der Waals surface area contributed by atoms with Crippen LogP contribution in [0.4, 0.5) is 17.1 Å². The van der Waals surface area contributed by atoms with Gasteiger partial charge in [0.25, 0.3) is 0 Å². The number of benzene rings is 8. The largest absolute Gasteiger partial charge is 0.308 e. The fraction of sp³-hybridized carbons (Fsp3) is 0. The van der Waals surface area contributed by atoms with Crippen molar-refractivity contribution in [2.24, 2.45) is 0 Å². The molecule has 0 fully saturated rings. The molecule has 13 rings (SSSR count). The number of anilines is 3. The minimum absolute atomic E-state index is 1.01. The number of fused-ring (bicyclic) bond motifs is 17. The summed E-state index contributed by atoms with van der Waals surface area (Å²) in [7, 11) is 0. The third kappa shape index (κ3) is 3.34. The van der Waals surface area contributed by atoms with E-state index in [0.717, 1.165) is 28.2 Å². The molecule has 0 N–H and O–H groups in total. The van der Waals surface area contributed by atoms with Gasteiger partial charge in [0.2, 0.25) is 0 Å². The van der Waals surface area contributed by atoms with Crippen LogP contribution in [0.3, 0.4) is 0 Å². The fourth-order valence-corrected chi connectivity index (χ4v) is 9.73. The predicted octanol–water partition coefficient (Wildman–Crippen LogP) is 13.2. The first kappa shape index (κ1) is 27.5. The molecular weight excluding hydrogens is 645 g/mol. The molecule has 5 heterocycles. The van der Waals surface area contributed by atoms with Gasteiger partial charge in [-0.05, 0) is 57.9 Å². The number of nitrogens with zero attached hydrogens (tertiary/aromatic N) is 4. The molecule has 4 nitrogen and oxygen atoms in total. The van der Waals surface area contributed by atoms with Crippen LogP contribution in [-0.2, 0) is 0 Å². The van der Waals surface area contributed by atoms with Crippen LogP contribution in [0.25, 0.3) is 97.9 Å². The van der Waals surface area contributed by atoms with E-state index in [1.165, 1.54) is 86.7 Å². The highest BCUT2D eigenvalue weighted by molar-refractivity contribution is 6.38. The highest BCUT2D eigenvalue weighted by Gasteiger charge is 2.28. The zero-order valence-electron chi connectivity index (χ0n) is 28.5. The Hall–Kier alpha value is -7.17. The van der Waals surface area contributed by atoms with Gasteiger partial charge in [-0.25, -0.2) is 4.98 Å². The van der Waals surface area contributed by atoms with Gasteiger partial charge in [0.15, 0.2) is 0 Å². The molecule has 8 aromatic carbocycles. The predicted molar refractivity (Wildman–Crippen MR) is 223 cm³/mol. The minimum atomic E-state index is 1.01. The molecule has 4 heteroatoms. The lowest BCUT2D eigenvalue weighted by Gasteiger charge is -2.27. The first-order valence-electron chi connectivity index (χ1n) is 18.2. The van der Waals surface area contributed by atoms with Gasteiger partial charge in [-0.1, -0.05) is 127 Å². The second-order valence-electron chi connectivity index (χ2n) is 14.3. The Morgan fingerprint density at radius 1 is 0.377 bits per heavy atom. The van der Waals surface area contributed by atoms with Crippen molar-refractivity contribution in [3.8, 4) is 0 Å². The summed E-state index contributed by atoms with van der Waals surface area (Å²) < 4.78 is 4.93. The van der Waals surface area contributed by atoms with Gasteiger partial charge in [0, 0.05) is 54.5 Å². The molecule has 0 bridgehead atoms. The molecule has 0 aliphatic heterocycles. The number of aromatic nitrogens is 3. The molecule has 53 heavy (non-hydrogen) atoms. The van der Waals surface area contributed by atoms with Crippen molar-refractivity contribution in [2.45, 2.75) is 0 Å². The lowest BCUT2D eigenvalue weighted by molar-refractivity contribution is 1.25. The summed E-state index contributed by atoms with van der Waals surface area (Å²) in [5.41, 5.74) is 10.4. The molecule has 0 radical (unpaired) electrons. The van der Waals surface area contributed by atoms with E-state index in [4.69, 9.17) is 4.98 Å². The third-order valence-corrected chi connectivity index (χ3v) is 11.7. The summed E-state index contributed by atoms with van der Waals surface area (Å²) >= 11 is 0. The van der Waals surface area contributed by atoms with E-state index in [-0.39, 0.29) is 0 Å². The maximum atomic E-state index is 5.41. The van der Waals surface area contributed by atoms with Crippen LogP contribution in [0.1, 0.15) is 0 Å². The molecule has 0 aliphatic carbocycles. The van der Waals surface area contributed by atoms with Crippen molar-refractivity contribution in [3.05, 3.63) is 170 Å².